The van der Waals surface area contributed by atoms with E-state index in [1.54, 1.807) is 16.8 Å². The van der Waals surface area contributed by atoms with Gasteiger partial charge in [0.15, 0.2) is 0 Å². The number of hydrogen-bond acceptors (Lipinski definition) is 5. The lowest BCUT2D eigenvalue weighted by atomic mass is 9.92. The molecule has 1 aromatic heterocycles. The fourth-order valence-corrected chi connectivity index (χ4v) is 4.21. The molecular formula is C20H14BrClN6. The van der Waals surface area contributed by atoms with Gasteiger partial charge in [-0.25, -0.2) is 4.68 Å². The number of anilines is 1. The van der Waals surface area contributed by atoms with E-state index in [9.17, 15) is 10.5 Å². The third kappa shape index (κ3) is 2.84. The van der Waals surface area contributed by atoms with Crippen molar-refractivity contribution >= 4 is 33.2 Å². The molecule has 3 aromatic rings. The molecule has 0 bridgehead atoms. The molecule has 2 aromatic carbocycles. The third-order valence-corrected chi connectivity index (χ3v) is 5.65. The summed E-state index contributed by atoms with van der Waals surface area (Å²) < 4.78 is 2.59. The van der Waals surface area contributed by atoms with E-state index < -0.39 is 6.04 Å². The van der Waals surface area contributed by atoms with E-state index in [4.69, 9.17) is 11.6 Å². The summed E-state index contributed by atoms with van der Waals surface area (Å²) in [6.07, 6.45) is 0. The molecule has 0 amide bonds. The lowest BCUT2D eigenvalue weighted by Gasteiger charge is -2.29. The third-order valence-electron chi connectivity index (χ3n) is 4.78. The summed E-state index contributed by atoms with van der Waals surface area (Å²) in [4.78, 5) is 1.91. The van der Waals surface area contributed by atoms with E-state index in [1.165, 1.54) is 0 Å². The van der Waals surface area contributed by atoms with Crippen LogP contribution in [-0.4, -0.2) is 15.0 Å². The first-order valence-electron chi connectivity index (χ1n) is 8.58. The van der Waals surface area contributed by atoms with Crippen LogP contribution in [0.3, 0.4) is 0 Å². The van der Waals surface area contributed by atoms with E-state index in [0.717, 1.165) is 21.4 Å². The number of aromatic nitrogens is 3. The summed E-state index contributed by atoms with van der Waals surface area (Å²) in [5.41, 5.74) is 4.05. The lowest BCUT2D eigenvalue weighted by Crippen LogP contribution is -2.30. The molecule has 6 nitrogen and oxygen atoms in total. The van der Waals surface area contributed by atoms with Gasteiger partial charge >= 0.3 is 0 Å². The molecule has 2 unspecified atom stereocenters. The fourth-order valence-electron chi connectivity index (χ4n) is 3.55. The van der Waals surface area contributed by atoms with Gasteiger partial charge in [0.1, 0.15) is 18.4 Å². The summed E-state index contributed by atoms with van der Waals surface area (Å²) in [5.74, 6) is 0. The Morgan fingerprint density at radius 1 is 1.21 bits per heavy atom. The van der Waals surface area contributed by atoms with Crippen LogP contribution in [0.15, 0.2) is 46.9 Å². The van der Waals surface area contributed by atoms with Crippen molar-refractivity contribution < 1.29 is 0 Å². The Labute approximate surface area is 175 Å². The topological polar surface area (TPSA) is 81.5 Å². The zero-order valence-electron chi connectivity index (χ0n) is 14.8. The Balaban J connectivity index is 2.06. The molecule has 1 aliphatic rings. The van der Waals surface area contributed by atoms with Gasteiger partial charge in [-0.1, -0.05) is 29.5 Å². The highest BCUT2D eigenvalue weighted by Gasteiger charge is 2.34. The molecule has 0 N–H and O–H groups in total. The van der Waals surface area contributed by atoms with Crippen molar-refractivity contribution in [3.05, 3.63) is 63.8 Å². The van der Waals surface area contributed by atoms with Crippen molar-refractivity contribution in [3.8, 4) is 23.4 Å². The first kappa shape index (κ1) is 18.5. The van der Waals surface area contributed by atoms with Crippen molar-refractivity contribution in [1.29, 1.82) is 10.5 Å². The van der Waals surface area contributed by atoms with Crippen LogP contribution in [0.2, 0.25) is 0 Å². The van der Waals surface area contributed by atoms with Crippen LogP contribution in [0.5, 0.6) is 0 Å². The molecular weight excluding hydrogens is 440 g/mol. The lowest BCUT2D eigenvalue weighted by molar-refractivity contribution is 0.550. The minimum Gasteiger partial charge on any atom is -0.331 e. The molecule has 8 heteroatoms. The molecule has 0 aliphatic carbocycles. The van der Waals surface area contributed by atoms with Crippen LogP contribution < -0.4 is 4.90 Å². The average Bonchev–Trinajstić information content (AvgIpc) is 3.06. The number of hydrogen-bond donors (Lipinski definition) is 0. The van der Waals surface area contributed by atoms with E-state index in [2.05, 4.69) is 38.4 Å². The zero-order valence-corrected chi connectivity index (χ0v) is 17.2. The Hall–Kier alpha value is -2.87. The number of fused-ring (bicyclic) bond motifs is 3. The highest BCUT2D eigenvalue weighted by molar-refractivity contribution is 9.10. The Bertz CT molecular complexity index is 1140. The normalized spacial score (nSPS) is 16.3. The fraction of sp³-hybridized carbons (Fsp3) is 0.200. The summed E-state index contributed by atoms with van der Waals surface area (Å²) in [6, 6.07) is 17.0. The van der Waals surface area contributed by atoms with Crippen molar-refractivity contribution in [2.75, 3.05) is 4.90 Å². The summed E-state index contributed by atoms with van der Waals surface area (Å²) in [6.45, 7) is 2.13. The predicted molar refractivity (Wildman–Crippen MR) is 109 cm³/mol. The number of rotatable bonds is 2. The second-order valence-corrected chi connectivity index (χ2v) is 7.92. The molecule has 28 heavy (non-hydrogen) atoms. The highest BCUT2D eigenvalue weighted by atomic mass is 79.9. The molecule has 138 valence electrons. The predicted octanol–water partition coefficient (Wildman–Crippen LogP) is 4.92. The molecule has 0 saturated carbocycles. The van der Waals surface area contributed by atoms with Crippen LogP contribution in [0.1, 0.15) is 35.2 Å². The van der Waals surface area contributed by atoms with E-state index in [0.29, 0.717) is 23.5 Å². The quantitative estimate of drug-likeness (QED) is 0.514. The van der Waals surface area contributed by atoms with Crippen molar-refractivity contribution in [3.63, 3.8) is 0 Å². The monoisotopic (exact) mass is 452 g/mol. The first-order chi connectivity index (χ1) is 13.6. The second-order valence-electron chi connectivity index (χ2n) is 6.41. The average molecular weight is 454 g/mol. The smallest absolute Gasteiger partial charge is 0.146 e. The van der Waals surface area contributed by atoms with Gasteiger partial charge in [0.25, 0.3) is 0 Å². The molecule has 1 aliphatic heterocycles. The van der Waals surface area contributed by atoms with Crippen LogP contribution in [0, 0.1) is 22.7 Å². The van der Waals surface area contributed by atoms with Gasteiger partial charge in [-0.2, -0.15) is 10.5 Å². The molecule has 0 spiro atoms. The van der Waals surface area contributed by atoms with E-state index >= 15 is 0 Å². The van der Waals surface area contributed by atoms with Crippen molar-refractivity contribution in [1.82, 2.24) is 15.0 Å². The van der Waals surface area contributed by atoms with Gasteiger partial charge in [0, 0.05) is 15.6 Å². The maximum Gasteiger partial charge on any atom is 0.146 e. The van der Waals surface area contributed by atoms with E-state index in [1.807, 2.05) is 42.2 Å². The summed E-state index contributed by atoms with van der Waals surface area (Å²) >= 11 is 9.93. The molecule has 2 heterocycles. The van der Waals surface area contributed by atoms with Crippen LogP contribution >= 0.6 is 27.5 Å². The molecule has 0 saturated heterocycles. The Morgan fingerprint density at radius 3 is 2.68 bits per heavy atom. The number of alkyl halides is 1. The molecule has 2 atom stereocenters. The SMILES string of the molecule is CC(Cl)c1nnn2c1-c1cccc(C#N)c1C(C#N)N(c1ccccc1Br)C2. The number of nitrogens with zero attached hydrogens (tertiary/aromatic N) is 6. The molecule has 0 radical (unpaired) electrons. The van der Waals surface area contributed by atoms with Crippen LogP contribution in [0.4, 0.5) is 5.69 Å². The number of para-hydroxylation sites is 1. The number of benzene rings is 2. The molecule has 0 fully saturated rings. The van der Waals surface area contributed by atoms with Gasteiger partial charge in [-0.05, 0) is 41.1 Å². The minimum atomic E-state index is -0.676. The second kappa shape index (κ2) is 7.27. The van der Waals surface area contributed by atoms with Crippen molar-refractivity contribution in [2.45, 2.75) is 25.0 Å². The Kier molecular flexibility index (Phi) is 4.80. The maximum atomic E-state index is 10.1. The number of nitriles is 2. The largest absolute Gasteiger partial charge is 0.331 e. The van der Waals surface area contributed by atoms with Crippen molar-refractivity contribution in [2.24, 2.45) is 0 Å². The van der Waals surface area contributed by atoms with E-state index in [-0.39, 0.29) is 5.38 Å². The number of halogens is 2. The first-order valence-corrected chi connectivity index (χ1v) is 9.81. The van der Waals surface area contributed by atoms with Crippen LogP contribution in [-0.2, 0) is 6.67 Å². The van der Waals surface area contributed by atoms with Gasteiger partial charge in [-0.15, -0.1) is 16.7 Å². The van der Waals surface area contributed by atoms with Gasteiger partial charge in [0.05, 0.1) is 34.5 Å². The van der Waals surface area contributed by atoms with Gasteiger partial charge in [-0.3, -0.25) is 0 Å². The summed E-state index contributed by atoms with van der Waals surface area (Å²) in [7, 11) is 0. The van der Waals surface area contributed by atoms with Gasteiger partial charge < -0.3 is 4.90 Å². The highest BCUT2D eigenvalue weighted by Crippen LogP contribution is 2.43. The zero-order chi connectivity index (χ0) is 19.8. The minimum absolute atomic E-state index is 0.298. The van der Waals surface area contributed by atoms with Gasteiger partial charge in [0.2, 0.25) is 0 Å². The standard InChI is InChI=1S/C20H14BrClN6/c1-12(22)19-20-14-6-4-5-13(9-23)18(14)17(10-24)27(11-28(20)26-25-19)16-8-3-2-7-15(16)21/h2-8,12,17H,11H2,1H3. The molecule has 4 rings (SSSR count). The Morgan fingerprint density at radius 2 is 2.00 bits per heavy atom. The maximum absolute atomic E-state index is 10.1. The van der Waals surface area contributed by atoms with Crippen LogP contribution in [0.25, 0.3) is 11.3 Å². The summed E-state index contributed by atoms with van der Waals surface area (Å²) in [5, 5.41) is 28.1.